The Morgan fingerprint density at radius 2 is 2.00 bits per heavy atom. The summed E-state index contributed by atoms with van der Waals surface area (Å²) in [5.41, 5.74) is 0.942. The van der Waals surface area contributed by atoms with Crippen LogP contribution in [-0.4, -0.2) is 32.8 Å². The van der Waals surface area contributed by atoms with Gasteiger partial charge in [0.2, 0.25) is 5.91 Å². The number of thioether (sulfide) groups is 1. The third-order valence-electron chi connectivity index (χ3n) is 3.59. The van der Waals surface area contributed by atoms with Crippen LogP contribution in [0.5, 0.6) is 5.75 Å². The lowest BCUT2D eigenvalue weighted by atomic mass is 10.3. The lowest BCUT2D eigenvalue weighted by molar-refractivity contribution is -0.115. The largest absolute Gasteiger partial charge is 0.497 e. The Morgan fingerprint density at radius 1 is 1.23 bits per heavy atom. The van der Waals surface area contributed by atoms with Crippen LogP contribution in [-0.2, 0) is 4.79 Å². The van der Waals surface area contributed by atoms with Gasteiger partial charge in [-0.1, -0.05) is 23.4 Å². The standard InChI is InChI=1S/C18H17ClN4O2S/c1-12(17(24)22-16-8-3-13(19)11-21-16)26-18-20-9-10-23(18)14-4-6-15(25-2)7-5-14/h3-12H,1-2H3,(H,21,22,24). The molecule has 1 N–H and O–H groups in total. The third-order valence-corrected chi connectivity index (χ3v) is 4.89. The lowest BCUT2D eigenvalue weighted by Crippen LogP contribution is -2.23. The second-order valence-corrected chi connectivity index (χ2v) is 7.13. The number of nitrogens with one attached hydrogen (secondary N) is 1. The zero-order chi connectivity index (χ0) is 18.5. The van der Waals surface area contributed by atoms with Gasteiger partial charge in [-0.15, -0.1) is 0 Å². The van der Waals surface area contributed by atoms with Crippen LogP contribution in [0.15, 0.2) is 60.1 Å². The maximum atomic E-state index is 12.4. The zero-order valence-corrected chi connectivity index (χ0v) is 15.8. The van der Waals surface area contributed by atoms with Crippen molar-refractivity contribution in [3.8, 4) is 11.4 Å². The first-order valence-electron chi connectivity index (χ1n) is 7.83. The predicted octanol–water partition coefficient (Wildman–Crippen LogP) is 4.05. The van der Waals surface area contributed by atoms with Crippen molar-refractivity contribution in [3.05, 3.63) is 60.0 Å². The molecule has 8 heteroatoms. The van der Waals surface area contributed by atoms with Gasteiger partial charge in [0, 0.05) is 24.3 Å². The Kier molecular flexibility index (Phi) is 5.80. The summed E-state index contributed by atoms with van der Waals surface area (Å²) in [5, 5.41) is 3.66. The molecule has 0 saturated heterocycles. The summed E-state index contributed by atoms with van der Waals surface area (Å²) >= 11 is 7.17. The summed E-state index contributed by atoms with van der Waals surface area (Å²) in [6, 6.07) is 11.0. The van der Waals surface area contributed by atoms with Gasteiger partial charge in [0.05, 0.1) is 17.4 Å². The molecule has 26 heavy (non-hydrogen) atoms. The number of rotatable bonds is 6. The number of hydrogen-bond donors (Lipinski definition) is 1. The minimum Gasteiger partial charge on any atom is -0.497 e. The van der Waals surface area contributed by atoms with Gasteiger partial charge in [-0.25, -0.2) is 9.97 Å². The van der Waals surface area contributed by atoms with Gasteiger partial charge in [0.25, 0.3) is 0 Å². The number of imidazole rings is 1. The molecule has 0 spiro atoms. The number of carbonyl (C=O) groups excluding carboxylic acids is 1. The minimum atomic E-state index is -0.355. The molecule has 1 amide bonds. The van der Waals surface area contributed by atoms with Crippen LogP contribution >= 0.6 is 23.4 Å². The highest BCUT2D eigenvalue weighted by Crippen LogP contribution is 2.26. The predicted molar refractivity (Wildman–Crippen MR) is 103 cm³/mol. The minimum absolute atomic E-state index is 0.158. The highest BCUT2D eigenvalue weighted by Gasteiger charge is 2.18. The van der Waals surface area contributed by atoms with E-state index in [1.54, 1.807) is 25.4 Å². The number of carbonyl (C=O) groups is 1. The summed E-state index contributed by atoms with van der Waals surface area (Å²) in [5.74, 6) is 1.09. The van der Waals surface area contributed by atoms with Crippen molar-refractivity contribution in [1.82, 2.24) is 14.5 Å². The first-order chi connectivity index (χ1) is 12.6. The number of methoxy groups -OCH3 is 1. The maximum absolute atomic E-state index is 12.4. The van der Waals surface area contributed by atoms with E-state index in [1.807, 2.05) is 42.0 Å². The summed E-state index contributed by atoms with van der Waals surface area (Å²) in [4.78, 5) is 20.8. The fourth-order valence-corrected chi connectivity index (χ4v) is 3.20. The van der Waals surface area contributed by atoms with Crippen molar-refractivity contribution >= 4 is 35.1 Å². The molecule has 0 aliphatic rings. The molecule has 134 valence electrons. The second-order valence-electron chi connectivity index (χ2n) is 5.39. The molecule has 6 nitrogen and oxygen atoms in total. The SMILES string of the molecule is COc1ccc(-n2ccnc2SC(C)C(=O)Nc2ccc(Cl)cn2)cc1. The highest BCUT2D eigenvalue weighted by atomic mass is 35.5. The number of halogens is 1. The van der Waals surface area contributed by atoms with Crippen LogP contribution < -0.4 is 10.1 Å². The Hall–Kier alpha value is -2.51. The normalized spacial score (nSPS) is 11.8. The number of nitrogens with zero attached hydrogens (tertiary/aromatic N) is 3. The lowest BCUT2D eigenvalue weighted by Gasteiger charge is -2.13. The maximum Gasteiger partial charge on any atom is 0.238 e. The van der Waals surface area contributed by atoms with Gasteiger partial charge in [-0.05, 0) is 43.3 Å². The van der Waals surface area contributed by atoms with Crippen LogP contribution in [0.3, 0.4) is 0 Å². The molecule has 1 atom stereocenters. The molecule has 1 aromatic carbocycles. The van der Waals surface area contributed by atoms with Gasteiger partial charge in [0.15, 0.2) is 5.16 Å². The molecular formula is C18H17ClN4O2S. The van der Waals surface area contributed by atoms with Crippen molar-refractivity contribution in [2.75, 3.05) is 12.4 Å². The molecule has 3 aromatic rings. The van der Waals surface area contributed by atoms with Crippen molar-refractivity contribution in [3.63, 3.8) is 0 Å². The fraction of sp³-hybridized carbons (Fsp3) is 0.167. The molecule has 1 unspecified atom stereocenters. The van der Waals surface area contributed by atoms with Crippen LogP contribution in [0.4, 0.5) is 5.82 Å². The van der Waals surface area contributed by atoms with Gasteiger partial charge in [0.1, 0.15) is 11.6 Å². The molecule has 0 radical (unpaired) electrons. The fourth-order valence-electron chi connectivity index (χ4n) is 2.21. The van der Waals surface area contributed by atoms with E-state index < -0.39 is 0 Å². The van der Waals surface area contributed by atoms with Crippen LogP contribution in [0.25, 0.3) is 5.69 Å². The molecule has 0 saturated carbocycles. The molecule has 0 fully saturated rings. The van der Waals surface area contributed by atoms with Gasteiger partial charge < -0.3 is 10.1 Å². The molecule has 3 rings (SSSR count). The number of amides is 1. The van der Waals surface area contributed by atoms with Gasteiger partial charge >= 0.3 is 0 Å². The second kappa shape index (κ2) is 8.25. The summed E-state index contributed by atoms with van der Waals surface area (Å²) in [6.45, 7) is 1.82. The van der Waals surface area contributed by atoms with E-state index in [9.17, 15) is 4.79 Å². The van der Waals surface area contributed by atoms with Crippen LogP contribution in [0, 0.1) is 0 Å². The molecule has 2 heterocycles. The van der Waals surface area contributed by atoms with E-state index in [0.29, 0.717) is 10.8 Å². The van der Waals surface area contributed by atoms with Crippen molar-refractivity contribution < 1.29 is 9.53 Å². The number of hydrogen-bond acceptors (Lipinski definition) is 5. The number of pyridine rings is 1. The molecule has 0 bridgehead atoms. The van der Waals surface area contributed by atoms with E-state index in [0.717, 1.165) is 16.6 Å². The number of aromatic nitrogens is 3. The van der Waals surface area contributed by atoms with E-state index in [-0.39, 0.29) is 11.2 Å². The van der Waals surface area contributed by atoms with Crippen LogP contribution in [0.2, 0.25) is 5.02 Å². The first-order valence-corrected chi connectivity index (χ1v) is 9.09. The quantitative estimate of drug-likeness (QED) is 0.645. The number of anilines is 1. The van der Waals surface area contributed by atoms with Crippen LogP contribution in [0.1, 0.15) is 6.92 Å². The summed E-state index contributed by atoms with van der Waals surface area (Å²) in [6.07, 6.45) is 5.05. The molecule has 0 aliphatic heterocycles. The Labute approximate surface area is 160 Å². The van der Waals surface area contributed by atoms with E-state index in [1.165, 1.54) is 18.0 Å². The summed E-state index contributed by atoms with van der Waals surface area (Å²) < 4.78 is 7.10. The Bertz CT molecular complexity index is 881. The van der Waals surface area contributed by atoms with Gasteiger partial charge in [-0.3, -0.25) is 9.36 Å². The Balaban J connectivity index is 1.69. The van der Waals surface area contributed by atoms with E-state index in [4.69, 9.17) is 16.3 Å². The topological polar surface area (TPSA) is 69.0 Å². The Morgan fingerprint density at radius 3 is 2.65 bits per heavy atom. The molecular weight excluding hydrogens is 372 g/mol. The van der Waals surface area contributed by atoms with Crippen molar-refractivity contribution in [1.29, 1.82) is 0 Å². The smallest absolute Gasteiger partial charge is 0.238 e. The van der Waals surface area contributed by atoms with E-state index >= 15 is 0 Å². The number of benzene rings is 1. The van der Waals surface area contributed by atoms with E-state index in [2.05, 4.69) is 15.3 Å². The number of ether oxygens (including phenoxy) is 1. The van der Waals surface area contributed by atoms with Crippen molar-refractivity contribution in [2.45, 2.75) is 17.3 Å². The van der Waals surface area contributed by atoms with Crippen molar-refractivity contribution in [2.24, 2.45) is 0 Å². The average molecular weight is 389 g/mol. The highest BCUT2D eigenvalue weighted by molar-refractivity contribution is 8.00. The molecule has 2 aromatic heterocycles. The summed E-state index contributed by atoms with van der Waals surface area (Å²) in [7, 11) is 1.63. The average Bonchev–Trinajstić information content (AvgIpc) is 3.11. The van der Waals surface area contributed by atoms with Gasteiger partial charge in [-0.2, -0.15) is 0 Å². The zero-order valence-electron chi connectivity index (χ0n) is 14.2. The third kappa shape index (κ3) is 4.36. The monoisotopic (exact) mass is 388 g/mol. The molecule has 0 aliphatic carbocycles. The first kappa shape index (κ1) is 18.3.